The summed E-state index contributed by atoms with van der Waals surface area (Å²) in [5.74, 6) is -0.592. The lowest BCUT2D eigenvalue weighted by molar-refractivity contribution is 0.0505. The van der Waals surface area contributed by atoms with E-state index in [-0.39, 0.29) is 0 Å². The van der Waals surface area contributed by atoms with Gasteiger partial charge >= 0.3 is 6.09 Å². The van der Waals surface area contributed by atoms with E-state index in [0.717, 1.165) is 6.20 Å². The third-order valence-corrected chi connectivity index (χ3v) is 3.71. The van der Waals surface area contributed by atoms with Crippen LogP contribution in [-0.2, 0) is 4.74 Å². The number of pyridine rings is 1. The van der Waals surface area contributed by atoms with Gasteiger partial charge < -0.3 is 10.1 Å². The Kier molecular flexibility index (Phi) is 4.82. The molecule has 0 fully saturated rings. The first kappa shape index (κ1) is 18.8. The molecule has 3 rings (SSSR count). The molecule has 142 valence electrons. The number of nitrogens with one attached hydrogen (secondary N) is 1. The molecule has 0 saturated heterocycles. The van der Waals surface area contributed by atoms with Gasteiger partial charge in [-0.3, -0.25) is 9.55 Å². The Morgan fingerprint density at radius 2 is 1.93 bits per heavy atom. The lowest BCUT2D eigenvalue weighted by Crippen LogP contribution is -2.34. The van der Waals surface area contributed by atoms with Crippen LogP contribution in [0.1, 0.15) is 39.6 Å². The van der Waals surface area contributed by atoms with E-state index in [0.29, 0.717) is 22.5 Å². The fraction of sp³-hybridized carbons (Fsp3) is 0.316. The highest BCUT2D eigenvalue weighted by Gasteiger charge is 2.23. The summed E-state index contributed by atoms with van der Waals surface area (Å²) >= 11 is 0. The lowest BCUT2D eigenvalue weighted by Gasteiger charge is -2.22. The van der Waals surface area contributed by atoms with Crippen molar-refractivity contribution < 1.29 is 18.3 Å². The first-order valence-corrected chi connectivity index (χ1v) is 8.42. The van der Waals surface area contributed by atoms with Crippen molar-refractivity contribution in [3.05, 3.63) is 54.1 Å². The van der Waals surface area contributed by atoms with Crippen LogP contribution in [0.15, 0.2) is 36.7 Å². The summed E-state index contributed by atoms with van der Waals surface area (Å²) in [7, 11) is 0. The van der Waals surface area contributed by atoms with E-state index in [1.54, 1.807) is 32.3 Å². The van der Waals surface area contributed by atoms with E-state index in [2.05, 4.69) is 15.3 Å². The van der Waals surface area contributed by atoms with Gasteiger partial charge in [0.15, 0.2) is 0 Å². The maximum absolute atomic E-state index is 13.8. The molecule has 3 aromatic rings. The summed E-state index contributed by atoms with van der Waals surface area (Å²) in [4.78, 5) is 20.4. The second-order valence-corrected chi connectivity index (χ2v) is 7.17. The molecule has 27 heavy (non-hydrogen) atoms. The first-order valence-electron chi connectivity index (χ1n) is 8.42. The minimum atomic E-state index is -0.653. The van der Waals surface area contributed by atoms with Gasteiger partial charge in [0.05, 0.1) is 35.2 Å². The number of halogens is 2. The predicted octanol–water partition coefficient (Wildman–Crippen LogP) is 4.28. The minimum Gasteiger partial charge on any atom is -0.444 e. The van der Waals surface area contributed by atoms with Gasteiger partial charge in [-0.15, -0.1) is 0 Å². The van der Waals surface area contributed by atoms with Crippen LogP contribution in [0.25, 0.3) is 16.7 Å². The van der Waals surface area contributed by atoms with Crippen LogP contribution in [0.2, 0.25) is 0 Å². The van der Waals surface area contributed by atoms with Gasteiger partial charge in [-0.05, 0) is 39.8 Å². The molecule has 1 atom stereocenters. The van der Waals surface area contributed by atoms with E-state index in [9.17, 15) is 13.6 Å². The highest BCUT2D eigenvalue weighted by Crippen LogP contribution is 2.26. The fourth-order valence-corrected chi connectivity index (χ4v) is 2.70. The zero-order chi connectivity index (χ0) is 19.8. The van der Waals surface area contributed by atoms with Crippen molar-refractivity contribution >= 4 is 17.1 Å². The average Bonchev–Trinajstić information content (AvgIpc) is 2.91. The fourth-order valence-electron chi connectivity index (χ4n) is 2.70. The number of alkyl carbamates (subject to hydrolysis) is 1. The molecule has 0 radical (unpaired) electrons. The first-order chi connectivity index (χ1) is 12.6. The van der Waals surface area contributed by atoms with Crippen LogP contribution in [0.3, 0.4) is 0 Å². The number of carbonyl (C=O) groups is 1. The lowest BCUT2D eigenvalue weighted by atomic mass is 10.2. The third kappa shape index (κ3) is 4.21. The van der Waals surface area contributed by atoms with Crippen LogP contribution in [-0.4, -0.2) is 26.2 Å². The van der Waals surface area contributed by atoms with Crippen molar-refractivity contribution in [2.45, 2.75) is 39.3 Å². The summed E-state index contributed by atoms with van der Waals surface area (Å²) in [5.41, 5.74) is 0.666. The maximum atomic E-state index is 13.8. The van der Waals surface area contributed by atoms with Crippen LogP contribution in [0.5, 0.6) is 0 Å². The van der Waals surface area contributed by atoms with Gasteiger partial charge in [0.1, 0.15) is 23.1 Å². The van der Waals surface area contributed by atoms with Gasteiger partial charge in [-0.25, -0.2) is 18.6 Å². The smallest absolute Gasteiger partial charge is 0.408 e. The number of hydrogen-bond acceptors (Lipinski definition) is 4. The molecular formula is C19H20F2N4O2. The monoisotopic (exact) mass is 374 g/mol. The molecule has 6 nitrogen and oxygen atoms in total. The molecule has 8 heteroatoms. The molecule has 0 spiro atoms. The van der Waals surface area contributed by atoms with E-state index >= 15 is 0 Å². The van der Waals surface area contributed by atoms with Crippen LogP contribution >= 0.6 is 0 Å². The Bertz CT molecular complexity index is 995. The summed E-state index contributed by atoms with van der Waals surface area (Å²) in [6.07, 6.45) is 1.90. The second kappa shape index (κ2) is 6.94. The molecule has 0 aliphatic carbocycles. The predicted molar refractivity (Wildman–Crippen MR) is 96.6 cm³/mol. The number of ether oxygens (including phenoxy) is 1. The zero-order valence-corrected chi connectivity index (χ0v) is 15.5. The molecule has 0 saturated carbocycles. The number of amides is 1. The molecule has 1 amide bonds. The topological polar surface area (TPSA) is 69.0 Å². The molecule has 1 unspecified atom stereocenters. The second-order valence-electron chi connectivity index (χ2n) is 7.17. The van der Waals surface area contributed by atoms with Crippen molar-refractivity contribution in [2.24, 2.45) is 0 Å². The van der Waals surface area contributed by atoms with Crippen molar-refractivity contribution in [3.63, 3.8) is 0 Å². The minimum absolute atomic E-state index is 0.371. The molecule has 1 aromatic carbocycles. The average molecular weight is 374 g/mol. The number of carbonyl (C=O) groups excluding carboxylic acids is 1. The Labute approximate surface area is 155 Å². The number of hydrogen-bond donors (Lipinski definition) is 1. The van der Waals surface area contributed by atoms with Gasteiger partial charge in [0.25, 0.3) is 0 Å². The van der Waals surface area contributed by atoms with Gasteiger partial charge in [0.2, 0.25) is 0 Å². The molecule has 0 bridgehead atoms. The summed E-state index contributed by atoms with van der Waals surface area (Å²) < 4.78 is 34.3. The van der Waals surface area contributed by atoms with E-state index in [1.807, 2.05) is 0 Å². The quantitative estimate of drug-likeness (QED) is 0.743. The SMILES string of the molecule is CC(NC(=O)OC(C)(C)C)c1nc2ccc(F)cc2n1-c1cncc(F)c1. The maximum Gasteiger partial charge on any atom is 0.408 e. The summed E-state index contributed by atoms with van der Waals surface area (Å²) in [6, 6.07) is 4.80. The summed E-state index contributed by atoms with van der Waals surface area (Å²) in [5, 5.41) is 2.70. The third-order valence-electron chi connectivity index (χ3n) is 3.71. The van der Waals surface area contributed by atoms with Crippen molar-refractivity contribution in [1.82, 2.24) is 19.9 Å². The van der Waals surface area contributed by atoms with Crippen molar-refractivity contribution in [1.29, 1.82) is 0 Å². The van der Waals surface area contributed by atoms with Gasteiger partial charge in [-0.2, -0.15) is 0 Å². The van der Waals surface area contributed by atoms with E-state index in [4.69, 9.17) is 4.74 Å². The number of fused-ring (bicyclic) bond motifs is 1. The van der Waals surface area contributed by atoms with E-state index < -0.39 is 29.4 Å². The Morgan fingerprint density at radius 3 is 2.59 bits per heavy atom. The normalized spacial score (nSPS) is 12.8. The van der Waals surface area contributed by atoms with Crippen LogP contribution in [0, 0.1) is 11.6 Å². The van der Waals surface area contributed by atoms with Crippen LogP contribution < -0.4 is 5.32 Å². The number of benzene rings is 1. The zero-order valence-electron chi connectivity index (χ0n) is 15.5. The molecule has 2 aromatic heterocycles. The molecule has 1 N–H and O–H groups in total. The Balaban J connectivity index is 2.07. The van der Waals surface area contributed by atoms with Gasteiger partial charge in [-0.1, -0.05) is 0 Å². The molecule has 0 aliphatic heterocycles. The molecular weight excluding hydrogens is 354 g/mol. The molecule has 0 aliphatic rings. The number of aromatic nitrogens is 3. The largest absolute Gasteiger partial charge is 0.444 e. The summed E-state index contributed by atoms with van der Waals surface area (Å²) in [6.45, 7) is 6.99. The number of imidazole rings is 1. The number of rotatable bonds is 3. The van der Waals surface area contributed by atoms with E-state index in [1.165, 1.54) is 30.5 Å². The highest BCUT2D eigenvalue weighted by molar-refractivity contribution is 5.78. The van der Waals surface area contributed by atoms with Crippen molar-refractivity contribution in [3.8, 4) is 5.69 Å². The molecule has 2 heterocycles. The standard InChI is InChI=1S/C19H20F2N4O2/c1-11(23-18(26)27-19(2,3)4)17-24-15-6-5-12(20)8-16(15)25(17)14-7-13(21)9-22-10-14/h5-11H,1-4H3,(H,23,26). The Hall–Kier alpha value is -3.03. The van der Waals surface area contributed by atoms with Crippen LogP contribution in [0.4, 0.5) is 13.6 Å². The van der Waals surface area contributed by atoms with Crippen molar-refractivity contribution in [2.75, 3.05) is 0 Å². The van der Waals surface area contributed by atoms with Gasteiger partial charge in [0, 0.05) is 12.1 Å². The number of nitrogens with zero attached hydrogens (tertiary/aromatic N) is 3. The Morgan fingerprint density at radius 1 is 1.19 bits per heavy atom. The highest BCUT2D eigenvalue weighted by atomic mass is 19.1.